The summed E-state index contributed by atoms with van der Waals surface area (Å²) in [6.07, 6.45) is 1.26. The number of nitrogens with zero attached hydrogens (tertiary/aromatic N) is 2. The van der Waals surface area contributed by atoms with Crippen LogP contribution in [0.1, 0.15) is 38.1 Å². The van der Waals surface area contributed by atoms with Crippen molar-refractivity contribution < 1.29 is 9.90 Å². The van der Waals surface area contributed by atoms with E-state index in [2.05, 4.69) is 10.3 Å². The van der Waals surface area contributed by atoms with Gasteiger partial charge < -0.3 is 15.0 Å². The molecule has 1 aromatic heterocycles. The lowest BCUT2D eigenvalue weighted by molar-refractivity contribution is 0.0138. The van der Waals surface area contributed by atoms with E-state index in [0.717, 1.165) is 11.0 Å². The van der Waals surface area contributed by atoms with Crippen molar-refractivity contribution in [1.29, 1.82) is 0 Å². The highest BCUT2D eigenvalue weighted by atomic mass is 16.3. The number of benzene rings is 1. The molecule has 0 aliphatic carbocycles. The van der Waals surface area contributed by atoms with Gasteiger partial charge in [0.1, 0.15) is 0 Å². The van der Waals surface area contributed by atoms with Crippen LogP contribution >= 0.6 is 0 Å². The Labute approximate surface area is 131 Å². The number of carbonyl (C=O) groups excluding carboxylic acids is 1. The summed E-state index contributed by atoms with van der Waals surface area (Å²) in [6.45, 7) is 8.29. The molecule has 0 aliphatic rings. The van der Waals surface area contributed by atoms with E-state index in [1.54, 1.807) is 18.5 Å². The number of aryl methyl sites for hydroxylation is 1. The molecule has 120 valence electrons. The Hall–Kier alpha value is -1.88. The highest BCUT2D eigenvalue weighted by molar-refractivity contribution is 5.97. The largest absolute Gasteiger partial charge is 0.392 e. The van der Waals surface area contributed by atoms with Crippen molar-refractivity contribution in [2.24, 2.45) is 18.4 Å². The number of hydrogen-bond acceptors (Lipinski definition) is 3. The molecule has 0 spiro atoms. The molecule has 5 nitrogen and oxygen atoms in total. The minimum Gasteiger partial charge on any atom is -0.392 e. The van der Waals surface area contributed by atoms with Crippen LogP contribution in [-0.2, 0) is 7.05 Å². The van der Waals surface area contributed by atoms with Crippen LogP contribution in [0.15, 0.2) is 24.5 Å². The average Bonchev–Trinajstić information content (AvgIpc) is 2.84. The van der Waals surface area contributed by atoms with Crippen molar-refractivity contribution in [1.82, 2.24) is 14.9 Å². The standard InChI is InChI=1S/C17H25N3O2/c1-11(2)15(21)17(3,4)9-18-16(22)12-6-7-14-13(8-12)19-10-20(14)5/h6-8,10-11,15,21H,9H2,1-5H3,(H,18,22). The van der Waals surface area contributed by atoms with Crippen LogP contribution in [-0.4, -0.2) is 33.2 Å². The molecule has 1 atom stereocenters. The first-order valence-electron chi connectivity index (χ1n) is 7.59. The topological polar surface area (TPSA) is 67.2 Å². The van der Waals surface area contributed by atoms with Crippen molar-refractivity contribution in [3.05, 3.63) is 30.1 Å². The number of carbonyl (C=O) groups is 1. The van der Waals surface area contributed by atoms with Crippen LogP contribution in [0.4, 0.5) is 0 Å². The van der Waals surface area contributed by atoms with Crippen molar-refractivity contribution in [3.63, 3.8) is 0 Å². The van der Waals surface area contributed by atoms with E-state index in [4.69, 9.17) is 0 Å². The third-order valence-corrected chi connectivity index (χ3v) is 4.12. The molecule has 0 radical (unpaired) electrons. The molecule has 0 saturated carbocycles. The van der Waals surface area contributed by atoms with E-state index >= 15 is 0 Å². The molecule has 5 heteroatoms. The fraction of sp³-hybridized carbons (Fsp3) is 0.529. The number of nitrogens with one attached hydrogen (secondary N) is 1. The molecule has 2 rings (SSSR count). The first kappa shape index (κ1) is 16.5. The highest BCUT2D eigenvalue weighted by Crippen LogP contribution is 2.25. The predicted molar refractivity (Wildman–Crippen MR) is 87.7 cm³/mol. The summed E-state index contributed by atoms with van der Waals surface area (Å²) in [5.74, 6) is 0.00774. The Bertz CT molecular complexity index is 674. The maximum absolute atomic E-state index is 12.3. The normalized spacial score (nSPS) is 13.6. The molecule has 0 bridgehead atoms. The molecule has 2 N–H and O–H groups in total. The Kier molecular flexibility index (Phi) is 4.56. The summed E-state index contributed by atoms with van der Waals surface area (Å²) in [4.78, 5) is 16.6. The van der Waals surface area contributed by atoms with Gasteiger partial charge in [-0.15, -0.1) is 0 Å². The van der Waals surface area contributed by atoms with Gasteiger partial charge in [0, 0.05) is 24.6 Å². The summed E-state index contributed by atoms with van der Waals surface area (Å²) < 4.78 is 1.92. The third-order valence-electron chi connectivity index (χ3n) is 4.12. The van der Waals surface area contributed by atoms with Gasteiger partial charge in [0.15, 0.2) is 0 Å². The van der Waals surface area contributed by atoms with E-state index < -0.39 is 6.10 Å². The zero-order valence-electron chi connectivity index (χ0n) is 13.9. The second-order valence-electron chi connectivity index (χ2n) is 6.92. The van der Waals surface area contributed by atoms with Crippen LogP contribution < -0.4 is 5.32 Å². The van der Waals surface area contributed by atoms with Crippen molar-refractivity contribution >= 4 is 16.9 Å². The molecule has 1 unspecified atom stereocenters. The van der Waals surface area contributed by atoms with Gasteiger partial charge >= 0.3 is 0 Å². The Morgan fingerprint density at radius 1 is 1.41 bits per heavy atom. The maximum Gasteiger partial charge on any atom is 0.251 e. The second kappa shape index (κ2) is 6.08. The summed E-state index contributed by atoms with van der Waals surface area (Å²) in [5.41, 5.74) is 2.00. The molecule has 1 aromatic carbocycles. The number of amides is 1. The van der Waals surface area contributed by atoms with Crippen LogP contribution in [0.25, 0.3) is 11.0 Å². The Balaban J connectivity index is 2.08. The number of hydrogen-bond donors (Lipinski definition) is 2. The lowest BCUT2D eigenvalue weighted by Crippen LogP contribution is -2.43. The number of rotatable bonds is 5. The fourth-order valence-electron chi connectivity index (χ4n) is 2.69. The molecule has 22 heavy (non-hydrogen) atoms. The molecule has 0 saturated heterocycles. The van der Waals surface area contributed by atoms with E-state index in [0.29, 0.717) is 12.1 Å². The van der Waals surface area contributed by atoms with E-state index in [1.165, 1.54) is 0 Å². The zero-order chi connectivity index (χ0) is 16.5. The van der Waals surface area contributed by atoms with Gasteiger partial charge in [-0.1, -0.05) is 27.7 Å². The van der Waals surface area contributed by atoms with Gasteiger partial charge in [-0.05, 0) is 24.1 Å². The molecule has 1 heterocycles. The monoisotopic (exact) mass is 303 g/mol. The Morgan fingerprint density at radius 2 is 2.09 bits per heavy atom. The van der Waals surface area contributed by atoms with Gasteiger partial charge in [0.25, 0.3) is 5.91 Å². The molecule has 2 aromatic rings. The van der Waals surface area contributed by atoms with E-state index in [-0.39, 0.29) is 17.2 Å². The van der Waals surface area contributed by atoms with Crippen molar-refractivity contribution in [3.8, 4) is 0 Å². The highest BCUT2D eigenvalue weighted by Gasteiger charge is 2.30. The summed E-state index contributed by atoms with van der Waals surface area (Å²) in [6, 6.07) is 5.48. The number of imidazole rings is 1. The third kappa shape index (κ3) is 3.30. The summed E-state index contributed by atoms with van der Waals surface area (Å²) in [5, 5.41) is 13.1. The predicted octanol–water partition coefficient (Wildman–Crippen LogP) is 2.35. The van der Waals surface area contributed by atoms with Crippen LogP contribution in [0.2, 0.25) is 0 Å². The molecule has 0 aliphatic heterocycles. The Morgan fingerprint density at radius 3 is 2.73 bits per heavy atom. The van der Waals surface area contributed by atoms with Crippen LogP contribution in [0.5, 0.6) is 0 Å². The van der Waals surface area contributed by atoms with Crippen LogP contribution in [0, 0.1) is 11.3 Å². The van der Waals surface area contributed by atoms with Gasteiger partial charge in [0.2, 0.25) is 0 Å². The molecule has 0 fully saturated rings. The molecule has 1 amide bonds. The van der Waals surface area contributed by atoms with Crippen molar-refractivity contribution in [2.75, 3.05) is 6.54 Å². The number of fused-ring (bicyclic) bond motifs is 1. The maximum atomic E-state index is 12.3. The van der Waals surface area contributed by atoms with Gasteiger partial charge in [-0.25, -0.2) is 4.98 Å². The smallest absolute Gasteiger partial charge is 0.251 e. The van der Waals surface area contributed by atoms with Gasteiger partial charge in [0.05, 0.1) is 23.5 Å². The van der Waals surface area contributed by atoms with Gasteiger partial charge in [-0.2, -0.15) is 0 Å². The minimum atomic E-state index is -0.467. The quantitative estimate of drug-likeness (QED) is 0.891. The molecular formula is C17H25N3O2. The summed E-state index contributed by atoms with van der Waals surface area (Å²) in [7, 11) is 1.92. The minimum absolute atomic E-state index is 0.142. The second-order valence-corrected chi connectivity index (χ2v) is 6.92. The average molecular weight is 303 g/mol. The van der Waals surface area contributed by atoms with E-state index in [9.17, 15) is 9.90 Å². The van der Waals surface area contributed by atoms with Gasteiger partial charge in [-0.3, -0.25) is 4.79 Å². The fourth-order valence-corrected chi connectivity index (χ4v) is 2.69. The SMILES string of the molecule is CC(C)C(O)C(C)(C)CNC(=O)c1ccc2c(c1)ncn2C. The first-order valence-corrected chi connectivity index (χ1v) is 7.59. The lowest BCUT2D eigenvalue weighted by atomic mass is 9.80. The number of aromatic nitrogens is 2. The van der Waals surface area contributed by atoms with Crippen LogP contribution in [0.3, 0.4) is 0 Å². The summed E-state index contributed by atoms with van der Waals surface area (Å²) >= 11 is 0. The number of aliphatic hydroxyl groups is 1. The molecular weight excluding hydrogens is 278 g/mol. The van der Waals surface area contributed by atoms with Crippen molar-refractivity contribution in [2.45, 2.75) is 33.8 Å². The van der Waals surface area contributed by atoms with E-state index in [1.807, 2.05) is 45.4 Å². The lowest BCUT2D eigenvalue weighted by Gasteiger charge is -2.33. The number of aliphatic hydroxyl groups excluding tert-OH is 1. The zero-order valence-corrected chi connectivity index (χ0v) is 13.9. The first-order chi connectivity index (χ1) is 10.2.